The van der Waals surface area contributed by atoms with Gasteiger partial charge in [0.15, 0.2) is 11.5 Å². The van der Waals surface area contributed by atoms with Gasteiger partial charge in [-0.3, -0.25) is 14.4 Å². The minimum atomic E-state index is -0.502. The number of hydrogen-bond acceptors (Lipinski definition) is 5. The molecule has 0 aliphatic heterocycles. The summed E-state index contributed by atoms with van der Waals surface area (Å²) in [5.74, 6) is -0.729. The highest BCUT2D eigenvalue weighted by Gasteiger charge is 2.11. The molecule has 0 spiro atoms. The third-order valence-corrected chi connectivity index (χ3v) is 2.30. The second kappa shape index (κ2) is 7.28. The molecule has 0 aliphatic rings. The zero-order valence-corrected chi connectivity index (χ0v) is 11.7. The average Bonchev–Trinajstić information content (AvgIpc) is 2.30. The van der Waals surface area contributed by atoms with Crippen LogP contribution in [-0.4, -0.2) is 24.4 Å². The number of ether oxygens (including phenoxy) is 2. The van der Waals surface area contributed by atoms with E-state index >= 15 is 0 Å². The highest BCUT2D eigenvalue weighted by atomic mass is 16.6. The van der Waals surface area contributed by atoms with Gasteiger partial charge >= 0.3 is 11.9 Å². The number of carbonyl (C=O) groups is 3. The molecule has 1 amide bonds. The quantitative estimate of drug-likeness (QED) is 0.647. The Labute approximate surface area is 117 Å². The van der Waals surface area contributed by atoms with Crippen molar-refractivity contribution in [3.05, 3.63) is 23.8 Å². The van der Waals surface area contributed by atoms with Gasteiger partial charge in [-0.05, 0) is 24.1 Å². The van der Waals surface area contributed by atoms with Crippen LogP contribution < -0.4 is 14.8 Å². The maximum absolute atomic E-state index is 11.0. The Bertz CT molecular complexity index is 524. The summed E-state index contributed by atoms with van der Waals surface area (Å²) in [6.45, 7) is 4.44. The molecule has 20 heavy (non-hydrogen) atoms. The Hall–Kier alpha value is -2.37. The molecule has 1 rings (SSSR count). The van der Waals surface area contributed by atoms with Crippen LogP contribution in [0.1, 0.15) is 26.3 Å². The van der Waals surface area contributed by atoms with Crippen LogP contribution in [0.15, 0.2) is 18.2 Å². The number of hydrogen-bond donors (Lipinski definition) is 1. The van der Waals surface area contributed by atoms with E-state index in [1.54, 1.807) is 18.2 Å². The van der Waals surface area contributed by atoms with Crippen LogP contribution in [-0.2, 0) is 20.8 Å². The van der Waals surface area contributed by atoms with Crippen LogP contribution in [0.25, 0.3) is 0 Å². The van der Waals surface area contributed by atoms with Crippen molar-refractivity contribution in [1.82, 2.24) is 5.32 Å². The molecule has 108 valence electrons. The van der Waals surface area contributed by atoms with Crippen molar-refractivity contribution in [3.63, 3.8) is 0 Å². The van der Waals surface area contributed by atoms with Gasteiger partial charge in [-0.15, -0.1) is 0 Å². The first-order valence-corrected chi connectivity index (χ1v) is 6.12. The summed E-state index contributed by atoms with van der Waals surface area (Å²) < 4.78 is 9.97. The van der Waals surface area contributed by atoms with E-state index in [0.29, 0.717) is 13.0 Å². The smallest absolute Gasteiger partial charge is 0.308 e. The molecular weight excluding hydrogens is 262 g/mol. The summed E-state index contributed by atoms with van der Waals surface area (Å²) in [7, 11) is 0. The van der Waals surface area contributed by atoms with E-state index in [4.69, 9.17) is 9.47 Å². The lowest BCUT2D eigenvalue weighted by Crippen LogP contribution is -2.22. The van der Waals surface area contributed by atoms with Gasteiger partial charge in [-0.1, -0.05) is 6.07 Å². The molecule has 0 radical (unpaired) electrons. The zero-order valence-electron chi connectivity index (χ0n) is 11.7. The first-order chi connectivity index (χ1) is 9.38. The third kappa shape index (κ3) is 5.51. The maximum Gasteiger partial charge on any atom is 0.308 e. The van der Waals surface area contributed by atoms with Crippen LogP contribution in [0.5, 0.6) is 11.5 Å². The standard InChI is InChI=1S/C14H17NO5/c1-9(16)15-7-6-12-4-5-13(19-10(2)17)14(8-12)20-11(3)18/h4-5,8H,6-7H2,1-3H3,(H,15,16). The highest BCUT2D eigenvalue weighted by molar-refractivity contribution is 5.74. The fraction of sp³-hybridized carbons (Fsp3) is 0.357. The number of amides is 1. The number of nitrogens with one attached hydrogen (secondary N) is 1. The molecule has 0 bridgehead atoms. The molecule has 1 aromatic carbocycles. The molecule has 0 fully saturated rings. The Balaban J connectivity index is 2.86. The van der Waals surface area contributed by atoms with Crippen molar-refractivity contribution in [3.8, 4) is 11.5 Å². The predicted molar refractivity (Wildman–Crippen MR) is 71.4 cm³/mol. The summed E-state index contributed by atoms with van der Waals surface area (Å²) in [5, 5.41) is 2.67. The summed E-state index contributed by atoms with van der Waals surface area (Å²) in [6.07, 6.45) is 0.578. The first kappa shape index (κ1) is 15.7. The van der Waals surface area contributed by atoms with Crippen molar-refractivity contribution in [2.45, 2.75) is 27.2 Å². The lowest BCUT2D eigenvalue weighted by Gasteiger charge is -2.10. The molecule has 0 heterocycles. The largest absolute Gasteiger partial charge is 0.423 e. The molecule has 1 N–H and O–H groups in total. The molecule has 0 unspecified atom stereocenters. The van der Waals surface area contributed by atoms with Crippen molar-refractivity contribution >= 4 is 17.8 Å². The minimum absolute atomic E-state index is 0.109. The SMILES string of the molecule is CC(=O)NCCc1ccc(OC(C)=O)c(OC(C)=O)c1. The lowest BCUT2D eigenvalue weighted by molar-refractivity contribution is -0.134. The van der Waals surface area contributed by atoms with Gasteiger partial charge in [0.05, 0.1) is 0 Å². The number of rotatable bonds is 5. The third-order valence-electron chi connectivity index (χ3n) is 2.30. The van der Waals surface area contributed by atoms with E-state index < -0.39 is 11.9 Å². The molecule has 6 nitrogen and oxygen atoms in total. The number of carbonyl (C=O) groups excluding carboxylic acids is 3. The van der Waals surface area contributed by atoms with Crippen LogP contribution in [0.3, 0.4) is 0 Å². The van der Waals surface area contributed by atoms with Crippen LogP contribution in [0.4, 0.5) is 0 Å². The van der Waals surface area contributed by atoms with Gasteiger partial charge in [0.2, 0.25) is 5.91 Å². The number of benzene rings is 1. The van der Waals surface area contributed by atoms with Crippen LogP contribution in [0.2, 0.25) is 0 Å². The van der Waals surface area contributed by atoms with Crippen molar-refractivity contribution in [2.24, 2.45) is 0 Å². The van der Waals surface area contributed by atoms with Gasteiger partial charge in [0, 0.05) is 27.3 Å². The number of esters is 2. The second-order valence-electron chi connectivity index (χ2n) is 4.20. The first-order valence-electron chi connectivity index (χ1n) is 6.12. The molecule has 0 aliphatic carbocycles. The summed E-state index contributed by atoms with van der Waals surface area (Å²) in [4.78, 5) is 32.8. The molecule has 0 atom stereocenters. The fourth-order valence-electron chi connectivity index (χ4n) is 1.56. The van der Waals surface area contributed by atoms with Crippen molar-refractivity contribution in [1.29, 1.82) is 0 Å². The summed E-state index contributed by atoms with van der Waals surface area (Å²) in [5.41, 5.74) is 0.853. The average molecular weight is 279 g/mol. The Morgan fingerprint density at radius 2 is 1.60 bits per heavy atom. The minimum Gasteiger partial charge on any atom is -0.423 e. The van der Waals surface area contributed by atoms with E-state index in [-0.39, 0.29) is 17.4 Å². The van der Waals surface area contributed by atoms with Gasteiger partial charge in [0.25, 0.3) is 0 Å². The van der Waals surface area contributed by atoms with E-state index in [1.165, 1.54) is 20.8 Å². The Kier molecular flexibility index (Phi) is 5.71. The van der Waals surface area contributed by atoms with E-state index in [2.05, 4.69) is 5.32 Å². The van der Waals surface area contributed by atoms with Crippen molar-refractivity contribution < 1.29 is 23.9 Å². The van der Waals surface area contributed by atoms with E-state index in [1.807, 2.05) is 0 Å². The maximum atomic E-state index is 11.0. The van der Waals surface area contributed by atoms with Crippen molar-refractivity contribution in [2.75, 3.05) is 6.54 Å². The molecule has 0 aromatic heterocycles. The van der Waals surface area contributed by atoms with Crippen LogP contribution >= 0.6 is 0 Å². The highest BCUT2D eigenvalue weighted by Crippen LogP contribution is 2.29. The van der Waals surface area contributed by atoms with Crippen LogP contribution in [0, 0.1) is 0 Å². The van der Waals surface area contributed by atoms with Gasteiger partial charge in [-0.2, -0.15) is 0 Å². The van der Waals surface area contributed by atoms with E-state index in [9.17, 15) is 14.4 Å². The molecule has 0 saturated carbocycles. The topological polar surface area (TPSA) is 81.7 Å². The molecule has 0 saturated heterocycles. The zero-order chi connectivity index (χ0) is 15.1. The van der Waals surface area contributed by atoms with Gasteiger partial charge < -0.3 is 14.8 Å². The Morgan fingerprint density at radius 1 is 1.00 bits per heavy atom. The predicted octanol–water partition coefficient (Wildman–Crippen LogP) is 1.22. The lowest BCUT2D eigenvalue weighted by atomic mass is 10.1. The summed E-state index contributed by atoms with van der Waals surface area (Å²) >= 11 is 0. The fourth-order valence-corrected chi connectivity index (χ4v) is 1.56. The Morgan fingerprint density at radius 3 is 2.15 bits per heavy atom. The molecule has 1 aromatic rings. The van der Waals surface area contributed by atoms with Gasteiger partial charge in [0.1, 0.15) is 0 Å². The van der Waals surface area contributed by atoms with E-state index in [0.717, 1.165) is 5.56 Å². The monoisotopic (exact) mass is 279 g/mol. The van der Waals surface area contributed by atoms with Gasteiger partial charge in [-0.25, -0.2) is 0 Å². The molecular formula is C14H17NO5. The second-order valence-corrected chi connectivity index (χ2v) is 4.20. The molecule has 6 heteroatoms. The summed E-state index contributed by atoms with van der Waals surface area (Å²) in [6, 6.07) is 4.91. The normalized spacial score (nSPS) is 9.75.